The highest BCUT2D eigenvalue weighted by molar-refractivity contribution is 7.89. The average Bonchev–Trinajstić information content (AvgIpc) is 3.08. The highest BCUT2D eigenvalue weighted by Crippen LogP contribution is 2.32. The third kappa shape index (κ3) is 3.46. The first kappa shape index (κ1) is 18.8. The third-order valence-corrected chi connectivity index (χ3v) is 6.25. The van der Waals surface area contributed by atoms with Gasteiger partial charge in [-0.15, -0.1) is 0 Å². The topological polar surface area (TPSA) is 76.4 Å². The summed E-state index contributed by atoms with van der Waals surface area (Å²) in [5, 5.41) is 4.76. The summed E-state index contributed by atoms with van der Waals surface area (Å²) in [6.07, 6.45) is -3.94. The molecule has 0 amide bonds. The smallest absolute Gasteiger partial charge is 0.221 e. The van der Waals surface area contributed by atoms with Gasteiger partial charge in [0.25, 0.3) is 10.0 Å². The van der Waals surface area contributed by atoms with Crippen molar-refractivity contribution in [3.05, 3.63) is 46.1 Å². The van der Waals surface area contributed by atoms with Crippen LogP contribution in [-0.2, 0) is 29.2 Å². The number of hydrogen-bond acceptors (Lipinski definition) is 5. The van der Waals surface area contributed by atoms with Gasteiger partial charge in [0.15, 0.2) is 5.03 Å². The summed E-state index contributed by atoms with van der Waals surface area (Å²) >= 11 is 1.27. The lowest BCUT2D eigenvalue weighted by molar-refractivity contribution is -0.138. The molecule has 0 spiro atoms. The molecule has 0 bridgehead atoms. The Hall–Kier alpha value is -1.98. The standard InChI is InChI=1S/C15H15F3N4O2S2/c1-3-12-21-22-13(9(2)20-14(22)25-12)26(23,24)19-8-10-6-4-5-7-11(10)15(16,17)18/h4-7,19H,3,8H2,1-2H3. The van der Waals surface area contributed by atoms with E-state index in [0.29, 0.717) is 16.4 Å². The van der Waals surface area contributed by atoms with Gasteiger partial charge in [-0.1, -0.05) is 36.5 Å². The van der Waals surface area contributed by atoms with Crippen molar-refractivity contribution < 1.29 is 21.6 Å². The number of nitrogens with zero attached hydrogens (tertiary/aromatic N) is 3. The van der Waals surface area contributed by atoms with Crippen molar-refractivity contribution in [2.45, 2.75) is 38.0 Å². The van der Waals surface area contributed by atoms with E-state index in [1.54, 1.807) is 0 Å². The molecule has 1 N–H and O–H groups in total. The van der Waals surface area contributed by atoms with E-state index >= 15 is 0 Å². The number of halogens is 3. The van der Waals surface area contributed by atoms with E-state index in [1.807, 2.05) is 6.92 Å². The number of benzene rings is 1. The van der Waals surface area contributed by atoms with Crippen LogP contribution < -0.4 is 4.72 Å². The third-order valence-electron chi connectivity index (χ3n) is 3.70. The van der Waals surface area contributed by atoms with Gasteiger partial charge in [0.1, 0.15) is 5.01 Å². The zero-order chi connectivity index (χ0) is 19.1. The lowest BCUT2D eigenvalue weighted by Crippen LogP contribution is -2.26. The van der Waals surface area contributed by atoms with E-state index in [4.69, 9.17) is 0 Å². The Balaban J connectivity index is 1.94. The Morgan fingerprint density at radius 1 is 1.27 bits per heavy atom. The second-order valence-corrected chi connectivity index (χ2v) is 8.25. The Morgan fingerprint density at radius 3 is 2.62 bits per heavy atom. The largest absolute Gasteiger partial charge is 0.416 e. The molecule has 0 aliphatic heterocycles. The molecule has 140 valence electrons. The van der Waals surface area contributed by atoms with Crippen molar-refractivity contribution >= 4 is 26.3 Å². The van der Waals surface area contributed by atoms with Gasteiger partial charge in [-0.05, 0) is 25.0 Å². The molecule has 3 rings (SSSR count). The molecule has 11 heteroatoms. The number of hydrogen-bond donors (Lipinski definition) is 1. The van der Waals surface area contributed by atoms with Crippen molar-refractivity contribution in [1.82, 2.24) is 19.3 Å². The van der Waals surface area contributed by atoms with Crippen LogP contribution >= 0.6 is 11.3 Å². The quantitative estimate of drug-likeness (QED) is 0.709. The van der Waals surface area contributed by atoms with Gasteiger partial charge in [0.05, 0.1) is 11.3 Å². The predicted molar refractivity (Wildman–Crippen MR) is 90.4 cm³/mol. The molecule has 3 aromatic rings. The maximum atomic E-state index is 13.1. The van der Waals surface area contributed by atoms with E-state index in [2.05, 4.69) is 14.8 Å². The first-order chi connectivity index (χ1) is 12.1. The normalized spacial score (nSPS) is 12.8. The van der Waals surface area contributed by atoms with Gasteiger partial charge in [-0.2, -0.15) is 22.8 Å². The second kappa shape index (κ2) is 6.63. The average molecular weight is 404 g/mol. The molecule has 0 atom stereocenters. The van der Waals surface area contributed by atoms with Crippen LogP contribution in [0.3, 0.4) is 0 Å². The van der Waals surface area contributed by atoms with Crippen LogP contribution in [0.15, 0.2) is 29.3 Å². The molecule has 0 aliphatic carbocycles. The Labute approximate surface area is 151 Å². The minimum Gasteiger partial charge on any atom is -0.221 e. The number of aryl methyl sites for hydroxylation is 2. The van der Waals surface area contributed by atoms with Crippen molar-refractivity contribution in [1.29, 1.82) is 0 Å². The highest BCUT2D eigenvalue weighted by Gasteiger charge is 2.33. The van der Waals surface area contributed by atoms with Crippen LogP contribution in [0.1, 0.15) is 28.8 Å². The first-order valence-corrected chi connectivity index (χ1v) is 9.93. The Kier molecular flexibility index (Phi) is 4.80. The van der Waals surface area contributed by atoms with Crippen molar-refractivity contribution in [2.24, 2.45) is 0 Å². The van der Waals surface area contributed by atoms with Crippen LogP contribution in [0.4, 0.5) is 13.2 Å². The number of fused-ring (bicyclic) bond motifs is 1. The highest BCUT2D eigenvalue weighted by atomic mass is 32.2. The summed E-state index contributed by atoms with van der Waals surface area (Å²) < 4.78 is 68.0. The van der Waals surface area contributed by atoms with E-state index in [-0.39, 0.29) is 16.3 Å². The molecule has 0 unspecified atom stereocenters. The zero-order valence-corrected chi connectivity index (χ0v) is 15.5. The van der Waals surface area contributed by atoms with Gasteiger partial charge in [-0.3, -0.25) is 0 Å². The van der Waals surface area contributed by atoms with Crippen LogP contribution in [0.2, 0.25) is 0 Å². The van der Waals surface area contributed by atoms with Crippen LogP contribution in [0.5, 0.6) is 0 Å². The summed E-state index contributed by atoms with van der Waals surface area (Å²) in [5.74, 6) is 0. The zero-order valence-electron chi connectivity index (χ0n) is 13.8. The van der Waals surface area contributed by atoms with Gasteiger partial charge in [0.2, 0.25) is 4.96 Å². The number of aromatic nitrogens is 3. The summed E-state index contributed by atoms with van der Waals surface area (Å²) in [4.78, 5) is 4.61. The monoisotopic (exact) mass is 404 g/mol. The van der Waals surface area contributed by atoms with E-state index in [9.17, 15) is 21.6 Å². The van der Waals surface area contributed by atoms with E-state index < -0.39 is 28.3 Å². The lowest BCUT2D eigenvalue weighted by Gasteiger charge is -2.13. The second-order valence-electron chi connectivity index (χ2n) is 5.53. The fraction of sp³-hybridized carbons (Fsp3) is 0.333. The number of rotatable bonds is 5. The molecule has 2 aromatic heterocycles. The summed E-state index contributed by atoms with van der Waals surface area (Å²) in [6.45, 7) is 2.91. The van der Waals surface area contributed by atoms with Gasteiger partial charge < -0.3 is 0 Å². The lowest BCUT2D eigenvalue weighted by atomic mass is 10.1. The maximum absolute atomic E-state index is 13.1. The first-order valence-electron chi connectivity index (χ1n) is 7.63. The van der Waals surface area contributed by atoms with Crippen LogP contribution in [-0.4, -0.2) is 23.0 Å². The molecule has 0 aliphatic rings. The maximum Gasteiger partial charge on any atom is 0.416 e. The van der Waals surface area contributed by atoms with Crippen molar-refractivity contribution in [3.63, 3.8) is 0 Å². The number of imidazole rings is 1. The summed E-state index contributed by atoms with van der Waals surface area (Å²) in [5.41, 5.74) is -0.794. The van der Waals surface area contributed by atoms with Gasteiger partial charge in [-0.25, -0.2) is 18.1 Å². The minimum absolute atomic E-state index is 0.158. The summed E-state index contributed by atoms with van der Waals surface area (Å²) in [7, 11) is -4.10. The SMILES string of the molecule is CCc1nn2c(S(=O)(=O)NCc3ccccc3C(F)(F)F)c(C)nc2s1. The molecule has 6 nitrogen and oxygen atoms in total. The molecule has 0 radical (unpaired) electrons. The van der Waals surface area contributed by atoms with Crippen molar-refractivity contribution in [2.75, 3.05) is 0 Å². The van der Waals surface area contributed by atoms with E-state index in [0.717, 1.165) is 6.07 Å². The molecular formula is C15H15F3N4O2S2. The molecular weight excluding hydrogens is 389 g/mol. The Morgan fingerprint density at radius 2 is 1.96 bits per heavy atom. The molecule has 0 saturated heterocycles. The number of alkyl halides is 3. The molecule has 0 saturated carbocycles. The Bertz CT molecular complexity index is 1050. The fourth-order valence-electron chi connectivity index (χ4n) is 2.51. The van der Waals surface area contributed by atoms with Crippen LogP contribution in [0.25, 0.3) is 4.96 Å². The van der Waals surface area contributed by atoms with E-state index in [1.165, 1.54) is 41.0 Å². The van der Waals surface area contributed by atoms with Crippen molar-refractivity contribution in [3.8, 4) is 0 Å². The fourth-order valence-corrected chi connectivity index (χ4v) is 4.72. The van der Waals surface area contributed by atoms with Gasteiger partial charge in [0, 0.05) is 6.54 Å². The van der Waals surface area contributed by atoms with Gasteiger partial charge >= 0.3 is 6.18 Å². The van der Waals surface area contributed by atoms with Crippen LogP contribution in [0, 0.1) is 6.92 Å². The summed E-state index contributed by atoms with van der Waals surface area (Å²) in [6, 6.07) is 4.84. The molecule has 1 aromatic carbocycles. The number of nitrogens with one attached hydrogen (secondary N) is 1. The minimum atomic E-state index is -4.56. The molecule has 26 heavy (non-hydrogen) atoms. The number of sulfonamides is 1. The predicted octanol–water partition coefficient (Wildman–Crippen LogP) is 3.16. The molecule has 2 heterocycles. The molecule has 0 fully saturated rings.